The van der Waals surface area contributed by atoms with Crippen molar-refractivity contribution in [3.8, 4) is 0 Å². The first kappa shape index (κ1) is 91.8. The second kappa shape index (κ2) is 97.2. The lowest BCUT2D eigenvalue weighted by molar-refractivity contribution is 0.335. The Morgan fingerprint density at radius 3 is 0.812 bits per heavy atom. The zero-order valence-corrected chi connectivity index (χ0v) is 34.2. The molecule has 0 N–H and O–H groups in total. The van der Waals surface area contributed by atoms with Crippen LogP contribution in [0.4, 0.5) is 0 Å². The number of thioether (sulfide) groups is 1. The Kier molecular flexibility index (Phi) is 186. The van der Waals surface area contributed by atoms with E-state index in [2.05, 4.69) is 153 Å². The number of hydrogen-bond acceptors (Lipinski definition) is 3. The maximum atomic E-state index is 2.36. The fourth-order valence-corrected chi connectivity index (χ4v) is 3.56. The lowest BCUT2D eigenvalue weighted by Gasteiger charge is -2.12. The van der Waals surface area contributed by atoms with Crippen molar-refractivity contribution < 1.29 is 0 Å². The van der Waals surface area contributed by atoms with Gasteiger partial charge >= 0.3 is 0 Å². The lowest BCUT2D eigenvalue weighted by atomic mass is 9.97. The molecule has 0 saturated carbocycles. The third-order valence-electron chi connectivity index (χ3n) is 5.44. The molecule has 0 amide bonds. The van der Waals surface area contributed by atoms with Gasteiger partial charge in [-0.3, -0.25) is 0 Å². The van der Waals surface area contributed by atoms with Crippen LogP contribution in [0, 0.1) is 17.8 Å². The molecule has 0 aromatic rings. The molecule has 0 heterocycles. The van der Waals surface area contributed by atoms with Crippen molar-refractivity contribution in [1.29, 1.82) is 0 Å². The summed E-state index contributed by atoms with van der Waals surface area (Å²) in [6, 6.07) is 0. The highest BCUT2D eigenvalue weighted by atomic mass is 32.2. The minimum Gasteiger partial charge on any atom is -0.307 e. The topological polar surface area (TPSA) is 6.48 Å². The minimum atomic E-state index is 0. The molecular weight excluding hydrogens is 601 g/mol. The molecule has 0 aromatic carbocycles. The van der Waals surface area contributed by atoms with Crippen molar-refractivity contribution in [3.63, 3.8) is 0 Å². The summed E-state index contributed by atoms with van der Waals surface area (Å²) in [6.07, 6.45) is 13.0. The third-order valence-corrected chi connectivity index (χ3v) is 6.83. The van der Waals surface area contributed by atoms with E-state index >= 15 is 0 Å². The summed E-state index contributed by atoms with van der Waals surface area (Å²) in [5.74, 6) is 5.37. The van der Waals surface area contributed by atoms with Gasteiger partial charge < -0.3 is 9.80 Å². The quantitative estimate of drug-likeness (QED) is 0.156. The molecule has 0 radical (unpaired) electrons. The minimum absolute atomic E-state index is 0. The molecule has 1 atom stereocenters. The van der Waals surface area contributed by atoms with Gasteiger partial charge in [-0.05, 0) is 108 Å². The molecule has 0 aromatic heterocycles. The van der Waals surface area contributed by atoms with E-state index < -0.39 is 0 Å². The highest BCUT2D eigenvalue weighted by Crippen LogP contribution is 2.12. The molecule has 3 heteroatoms. The highest BCUT2D eigenvalue weighted by Gasteiger charge is 2.00. The van der Waals surface area contributed by atoms with Crippen LogP contribution in [0.15, 0.2) is 0 Å². The summed E-state index contributed by atoms with van der Waals surface area (Å²) in [7, 11) is 4.32. The first-order chi connectivity index (χ1) is 19.3. The van der Waals surface area contributed by atoms with Crippen LogP contribution in [0.25, 0.3) is 0 Å². The molecule has 0 rings (SSSR count). The first-order valence-corrected chi connectivity index (χ1v) is 19.4. The second-order valence-electron chi connectivity index (χ2n) is 12.2. The van der Waals surface area contributed by atoms with Gasteiger partial charge in [0.05, 0.1) is 0 Å². The van der Waals surface area contributed by atoms with Crippen LogP contribution < -0.4 is 0 Å². The van der Waals surface area contributed by atoms with Gasteiger partial charge in [-0.25, -0.2) is 0 Å². The van der Waals surface area contributed by atoms with Crippen molar-refractivity contribution in [2.24, 2.45) is 17.8 Å². The van der Waals surface area contributed by atoms with E-state index in [4.69, 9.17) is 0 Å². The van der Waals surface area contributed by atoms with Crippen LogP contribution in [0.5, 0.6) is 0 Å². The Bertz CT molecular complexity index is 323. The smallest absolute Gasteiger partial charge is 0.00244 e. The van der Waals surface area contributed by atoms with E-state index in [0.29, 0.717) is 0 Å². The monoisotopic (exact) mass is 721 g/mol. The summed E-state index contributed by atoms with van der Waals surface area (Å²) in [5.41, 5.74) is 0. The summed E-state index contributed by atoms with van der Waals surface area (Å²) in [5, 5.41) is 0. The van der Waals surface area contributed by atoms with E-state index in [1.165, 1.54) is 102 Å². The average molecular weight is 722 g/mol. The predicted octanol–water partition coefficient (Wildman–Crippen LogP) is 18.0. The molecule has 0 fully saturated rings. The van der Waals surface area contributed by atoms with E-state index in [1.807, 2.05) is 0 Å². The van der Waals surface area contributed by atoms with Gasteiger partial charge in [-0.2, -0.15) is 11.8 Å². The van der Waals surface area contributed by atoms with Crippen molar-refractivity contribution in [1.82, 2.24) is 9.80 Å². The third kappa shape index (κ3) is 175. The van der Waals surface area contributed by atoms with Gasteiger partial charge in [0.25, 0.3) is 0 Å². The SMILES string of the molecule is C.C.C.C.C.C.C.CCC.CCC.CCC(C)C.CCC(C)CC(C)C.CCCN(C)CC.CCCN(C)CCC.CCCSCCC. The van der Waals surface area contributed by atoms with Crippen LogP contribution in [-0.4, -0.2) is 61.6 Å². The fraction of sp³-hybridized carbons (Fsp3) is 1.00. The van der Waals surface area contributed by atoms with Crippen molar-refractivity contribution in [3.05, 3.63) is 0 Å². The molecule has 0 aliphatic rings. The Labute approximate surface area is 324 Å². The standard InChI is InChI=1S/C8H18.C7H17N.C6H15N.C6H14S.C5H12.2C3H8.7CH4/c1-5-8(4)6-7(2)3;1-4-6-8(3)7-5-2;1-4-6-7(3)5-2;1-3-5-7-6-4-2;1-4-5(2)3;2*1-3-2;;;;;;;/h7-8H,5-6H2,1-4H3;4-7H2,1-3H3;4-6H2,1-3H3;3-6H2,1-2H3;5H,4H2,1-3H3;2*3H2,1-2H3;7*1H4. The summed E-state index contributed by atoms with van der Waals surface area (Å²) in [4.78, 5) is 4.67. The van der Waals surface area contributed by atoms with Gasteiger partial charge in [0.2, 0.25) is 0 Å². The maximum absolute atomic E-state index is 2.36. The average Bonchev–Trinajstić information content (AvgIpc) is 2.91. The molecule has 1 unspecified atom stereocenters. The first-order valence-electron chi connectivity index (χ1n) is 18.2. The lowest BCUT2D eigenvalue weighted by Crippen LogP contribution is -2.19. The van der Waals surface area contributed by atoms with Crippen molar-refractivity contribution in [2.75, 3.05) is 51.8 Å². The van der Waals surface area contributed by atoms with Crippen LogP contribution in [0.3, 0.4) is 0 Å². The number of nitrogens with zero attached hydrogens (tertiary/aromatic N) is 2. The molecule has 0 bridgehead atoms. The molecule has 316 valence electrons. The van der Waals surface area contributed by atoms with Gasteiger partial charge in [-0.1, -0.05) is 195 Å². The molecule has 2 nitrogen and oxygen atoms in total. The summed E-state index contributed by atoms with van der Waals surface area (Å²) >= 11 is 2.05. The number of rotatable bonds is 15. The maximum Gasteiger partial charge on any atom is -0.00244 e. The molecule has 0 aliphatic carbocycles. The van der Waals surface area contributed by atoms with Gasteiger partial charge in [-0.15, -0.1) is 0 Å². The molecule has 48 heavy (non-hydrogen) atoms. The zero-order valence-electron chi connectivity index (χ0n) is 33.3. The molecule has 0 aliphatic heterocycles. The fourth-order valence-electron chi connectivity index (χ4n) is 2.78. The van der Waals surface area contributed by atoms with E-state index in [9.17, 15) is 0 Å². The summed E-state index contributed by atoms with van der Waals surface area (Å²) in [6.45, 7) is 42.4. The zero-order chi connectivity index (χ0) is 33.9. The van der Waals surface area contributed by atoms with Crippen molar-refractivity contribution >= 4 is 11.8 Å². The van der Waals surface area contributed by atoms with Crippen molar-refractivity contribution in [2.45, 2.75) is 234 Å². The molecule has 0 saturated heterocycles. The Balaban J connectivity index is -0.0000000234. The highest BCUT2D eigenvalue weighted by molar-refractivity contribution is 7.99. The summed E-state index contributed by atoms with van der Waals surface area (Å²) < 4.78 is 0. The van der Waals surface area contributed by atoms with E-state index in [-0.39, 0.29) is 52.0 Å². The molecule has 0 spiro atoms. The largest absolute Gasteiger partial charge is 0.307 e. The van der Waals surface area contributed by atoms with Crippen LogP contribution in [-0.2, 0) is 0 Å². The predicted molar refractivity (Wildman–Crippen MR) is 253 cm³/mol. The van der Waals surface area contributed by atoms with E-state index in [0.717, 1.165) is 17.8 Å². The van der Waals surface area contributed by atoms with Gasteiger partial charge in [0.1, 0.15) is 0 Å². The van der Waals surface area contributed by atoms with E-state index in [1.54, 1.807) is 0 Å². The van der Waals surface area contributed by atoms with Crippen LogP contribution >= 0.6 is 11.8 Å². The number of hydrogen-bond donors (Lipinski definition) is 0. The van der Waals surface area contributed by atoms with Crippen LogP contribution in [0.1, 0.15) is 234 Å². The molecular formula is C45H120N2S. The Hall–Kier alpha value is 0.270. The Morgan fingerprint density at radius 1 is 0.417 bits per heavy atom. The Morgan fingerprint density at radius 2 is 0.688 bits per heavy atom. The van der Waals surface area contributed by atoms with Gasteiger partial charge in [0, 0.05) is 0 Å². The van der Waals surface area contributed by atoms with Crippen LogP contribution in [0.2, 0.25) is 0 Å². The van der Waals surface area contributed by atoms with Gasteiger partial charge in [0.15, 0.2) is 0 Å². The second-order valence-corrected chi connectivity index (χ2v) is 13.4. The normalized spacial score (nSPS) is 8.81.